The summed E-state index contributed by atoms with van der Waals surface area (Å²) in [6.07, 6.45) is 3.87. The summed E-state index contributed by atoms with van der Waals surface area (Å²) in [7, 11) is 0. The lowest BCUT2D eigenvalue weighted by atomic mass is 10.1. The quantitative estimate of drug-likeness (QED) is 0.257. The van der Waals surface area contributed by atoms with Crippen LogP contribution in [0.1, 0.15) is 11.1 Å². The van der Waals surface area contributed by atoms with E-state index in [0.29, 0.717) is 29.5 Å². The Morgan fingerprint density at radius 2 is 1.83 bits per heavy atom. The highest BCUT2D eigenvalue weighted by molar-refractivity contribution is 6.30. The van der Waals surface area contributed by atoms with Crippen molar-refractivity contribution in [3.05, 3.63) is 71.3 Å². The molecule has 0 aliphatic rings. The van der Waals surface area contributed by atoms with Gasteiger partial charge >= 0.3 is 0 Å². The van der Waals surface area contributed by atoms with Crippen LogP contribution in [-0.4, -0.2) is 24.6 Å². The molecule has 0 aromatic heterocycles. The summed E-state index contributed by atoms with van der Waals surface area (Å²) in [5.41, 5.74) is 1.69. The Bertz CT molecular complexity index is 686. The van der Waals surface area contributed by atoms with Gasteiger partial charge in [-0.1, -0.05) is 41.0 Å². The maximum Gasteiger partial charge on any atom is 0.128 e. The van der Waals surface area contributed by atoms with Crippen molar-refractivity contribution in [3.63, 3.8) is 0 Å². The van der Waals surface area contributed by atoms with Crippen LogP contribution >= 0.6 is 11.6 Å². The van der Waals surface area contributed by atoms with Crippen LogP contribution in [0, 0.1) is 0 Å². The molecule has 0 saturated carbocycles. The maximum atomic E-state index is 8.67. The molecule has 0 unspecified atom stereocenters. The first-order valence-corrected chi connectivity index (χ1v) is 7.53. The number of allylic oxidation sites excluding steroid dienone is 1. The van der Waals surface area contributed by atoms with Gasteiger partial charge in [-0.3, -0.25) is 0 Å². The van der Waals surface area contributed by atoms with E-state index in [4.69, 9.17) is 26.3 Å². The van der Waals surface area contributed by atoms with E-state index in [9.17, 15) is 0 Å². The smallest absolute Gasteiger partial charge is 0.128 e. The minimum Gasteiger partial charge on any atom is -0.490 e. The van der Waals surface area contributed by atoms with Gasteiger partial charge in [0.05, 0.1) is 6.21 Å². The molecule has 0 spiro atoms. The van der Waals surface area contributed by atoms with Crippen LogP contribution in [0.5, 0.6) is 11.5 Å². The zero-order valence-corrected chi connectivity index (χ0v) is 13.4. The molecular weight excluding hydrogens is 314 g/mol. The van der Waals surface area contributed by atoms with Crippen molar-refractivity contribution < 1.29 is 14.7 Å². The van der Waals surface area contributed by atoms with Gasteiger partial charge in [-0.25, -0.2) is 0 Å². The van der Waals surface area contributed by atoms with Gasteiger partial charge in [-0.05, 0) is 36.2 Å². The maximum absolute atomic E-state index is 8.67. The molecule has 0 fully saturated rings. The highest BCUT2D eigenvalue weighted by Gasteiger charge is 2.05. The number of nitrogens with zero attached hydrogens (tertiary/aromatic N) is 1. The van der Waals surface area contributed by atoms with Gasteiger partial charge in [0.25, 0.3) is 0 Å². The van der Waals surface area contributed by atoms with Crippen molar-refractivity contribution in [2.75, 3.05) is 13.2 Å². The highest BCUT2D eigenvalue weighted by atomic mass is 35.5. The van der Waals surface area contributed by atoms with Crippen LogP contribution in [0.15, 0.2) is 60.3 Å². The van der Waals surface area contributed by atoms with Gasteiger partial charge in [0.15, 0.2) is 0 Å². The molecule has 0 aliphatic carbocycles. The molecule has 2 aromatic carbocycles. The molecule has 5 heteroatoms. The first kappa shape index (κ1) is 16.9. The summed E-state index contributed by atoms with van der Waals surface area (Å²) in [6.45, 7) is 4.50. The van der Waals surface area contributed by atoms with Gasteiger partial charge in [-0.15, -0.1) is 6.58 Å². The Morgan fingerprint density at radius 3 is 2.57 bits per heavy atom. The number of hydrogen-bond donors (Lipinski definition) is 1. The first-order valence-electron chi connectivity index (χ1n) is 7.16. The minimum atomic E-state index is 0.357. The van der Waals surface area contributed by atoms with Gasteiger partial charge in [0.1, 0.15) is 24.7 Å². The van der Waals surface area contributed by atoms with Crippen LogP contribution in [0.3, 0.4) is 0 Å². The average Bonchev–Trinajstić information content (AvgIpc) is 2.55. The third-order valence-corrected chi connectivity index (χ3v) is 3.34. The molecular formula is C18H18ClNO3. The minimum absolute atomic E-state index is 0.357. The Kier molecular flexibility index (Phi) is 6.51. The monoisotopic (exact) mass is 331 g/mol. The molecule has 23 heavy (non-hydrogen) atoms. The topological polar surface area (TPSA) is 51.0 Å². The third-order valence-electron chi connectivity index (χ3n) is 3.10. The third kappa shape index (κ3) is 5.04. The van der Waals surface area contributed by atoms with Crippen LogP contribution in [0.4, 0.5) is 0 Å². The fourth-order valence-electron chi connectivity index (χ4n) is 2.09. The van der Waals surface area contributed by atoms with E-state index in [0.717, 1.165) is 17.7 Å². The number of hydrogen-bond acceptors (Lipinski definition) is 4. The number of rotatable bonds is 8. The molecule has 0 amide bonds. The van der Waals surface area contributed by atoms with Crippen LogP contribution < -0.4 is 9.47 Å². The van der Waals surface area contributed by atoms with E-state index in [1.165, 1.54) is 6.21 Å². The van der Waals surface area contributed by atoms with Crippen LogP contribution in [0.25, 0.3) is 0 Å². The number of benzene rings is 2. The SMILES string of the molecule is C=CCc1ccccc1OCCOc1ccc(Cl)cc1C=NO. The lowest BCUT2D eigenvalue weighted by Crippen LogP contribution is -2.10. The molecule has 120 valence electrons. The summed E-state index contributed by atoms with van der Waals surface area (Å²) >= 11 is 5.91. The summed E-state index contributed by atoms with van der Waals surface area (Å²) < 4.78 is 11.4. The zero-order chi connectivity index (χ0) is 16.5. The van der Waals surface area contributed by atoms with Crippen molar-refractivity contribution in [3.8, 4) is 11.5 Å². The molecule has 0 heterocycles. The Labute approximate surface area is 140 Å². The number of halogens is 1. The predicted octanol–water partition coefficient (Wildman–Crippen LogP) is 4.33. The summed E-state index contributed by atoms with van der Waals surface area (Å²) in [5.74, 6) is 1.40. The zero-order valence-electron chi connectivity index (χ0n) is 12.6. The normalized spacial score (nSPS) is 10.7. The van der Waals surface area contributed by atoms with Crippen molar-refractivity contribution in [2.45, 2.75) is 6.42 Å². The molecule has 4 nitrogen and oxygen atoms in total. The molecule has 0 atom stereocenters. The van der Waals surface area contributed by atoms with E-state index in [1.54, 1.807) is 18.2 Å². The van der Waals surface area contributed by atoms with E-state index in [2.05, 4.69) is 11.7 Å². The molecule has 2 aromatic rings. The second-order valence-electron chi connectivity index (χ2n) is 4.72. The predicted molar refractivity (Wildman–Crippen MR) is 92.2 cm³/mol. The second kappa shape index (κ2) is 8.86. The summed E-state index contributed by atoms with van der Waals surface area (Å²) in [6, 6.07) is 12.9. The first-order chi connectivity index (χ1) is 11.2. The standard InChI is InChI=1S/C18H18ClNO3/c1-2-5-14-6-3-4-7-17(14)22-10-11-23-18-9-8-16(19)12-15(18)13-20-21/h2-4,6-9,12-13,21H,1,5,10-11H2. The number of oxime groups is 1. The molecule has 1 N–H and O–H groups in total. The molecule has 0 bridgehead atoms. The number of para-hydroxylation sites is 1. The fourth-order valence-corrected chi connectivity index (χ4v) is 2.27. The van der Waals surface area contributed by atoms with Crippen LogP contribution in [0.2, 0.25) is 5.02 Å². The fraction of sp³-hybridized carbons (Fsp3) is 0.167. The molecule has 0 radical (unpaired) electrons. The van der Waals surface area contributed by atoms with E-state index in [-0.39, 0.29) is 0 Å². The van der Waals surface area contributed by atoms with Crippen LogP contribution in [-0.2, 0) is 6.42 Å². The van der Waals surface area contributed by atoms with Crippen molar-refractivity contribution in [1.29, 1.82) is 0 Å². The van der Waals surface area contributed by atoms with E-state index < -0.39 is 0 Å². The second-order valence-corrected chi connectivity index (χ2v) is 5.16. The van der Waals surface area contributed by atoms with Crippen molar-refractivity contribution in [2.24, 2.45) is 5.16 Å². The molecule has 0 aliphatic heterocycles. The molecule has 2 rings (SSSR count). The number of ether oxygens (including phenoxy) is 2. The highest BCUT2D eigenvalue weighted by Crippen LogP contribution is 2.22. The van der Waals surface area contributed by atoms with Gasteiger partial charge in [-0.2, -0.15) is 0 Å². The van der Waals surface area contributed by atoms with Crippen molar-refractivity contribution in [1.82, 2.24) is 0 Å². The van der Waals surface area contributed by atoms with E-state index in [1.807, 2.05) is 30.3 Å². The lowest BCUT2D eigenvalue weighted by Gasteiger charge is -2.12. The average molecular weight is 332 g/mol. The Morgan fingerprint density at radius 1 is 1.09 bits per heavy atom. The van der Waals surface area contributed by atoms with Gasteiger partial charge in [0.2, 0.25) is 0 Å². The van der Waals surface area contributed by atoms with E-state index >= 15 is 0 Å². The Hall–Kier alpha value is -2.46. The lowest BCUT2D eigenvalue weighted by molar-refractivity contribution is 0.216. The summed E-state index contributed by atoms with van der Waals surface area (Å²) in [5, 5.41) is 12.2. The van der Waals surface area contributed by atoms with Crippen molar-refractivity contribution >= 4 is 17.8 Å². The Balaban J connectivity index is 1.92. The summed E-state index contributed by atoms with van der Waals surface area (Å²) in [4.78, 5) is 0. The van der Waals surface area contributed by atoms with Gasteiger partial charge < -0.3 is 14.7 Å². The van der Waals surface area contributed by atoms with Gasteiger partial charge in [0, 0.05) is 10.6 Å². The molecule has 0 saturated heterocycles. The largest absolute Gasteiger partial charge is 0.490 e.